The van der Waals surface area contributed by atoms with Crippen LogP contribution in [-0.4, -0.2) is 84.8 Å². The summed E-state index contributed by atoms with van der Waals surface area (Å²) >= 11 is 0. The first kappa shape index (κ1) is 41.8. The van der Waals surface area contributed by atoms with Crippen LogP contribution in [0.15, 0.2) is 60.7 Å². The maximum Gasteiger partial charge on any atom is 0.337 e. The van der Waals surface area contributed by atoms with Gasteiger partial charge in [0.25, 0.3) is 0 Å². The van der Waals surface area contributed by atoms with E-state index in [4.69, 9.17) is 37.3 Å². The molecule has 0 bridgehead atoms. The standard InChI is InChI=1S/C40H64O9Si2/c1-38(2,3)50(10,11)45-27-32-33(43-25-28-20-16-14-17-21-28)36(44-26-29-22-18-15-19-23-29)34(49-51(12,13)39(4,5)6)30(46-32)24-31-35(37(41)42-9)48-40(7,8)47-31/h14-23,30-36H,24-27H2,1-13H3/t30-,31-,32-,33-,34+,35+,36+/m1/s1. The molecule has 2 heterocycles. The summed E-state index contributed by atoms with van der Waals surface area (Å²) in [6.07, 6.45) is -3.90. The maximum absolute atomic E-state index is 13.0. The van der Waals surface area contributed by atoms with Gasteiger partial charge in [0.1, 0.15) is 30.5 Å². The third kappa shape index (κ3) is 10.8. The Hall–Kier alpha value is -1.94. The fourth-order valence-corrected chi connectivity index (χ4v) is 8.29. The van der Waals surface area contributed by atoms with Crippen LogP contribution in [-0.2, 0) is 55.3 Å². The van der Waals surface area contributed by atoms with Crippen molar-refractivity contribution in [1.82, 2.24) is 0 Å². The summed E-state index contributed by atoms with van der Waals surface area (Å²) in [6, 6.07) is 20.3. The molecule has 0 saturated carbocycles. The van der Waals surface area contributed by atoms with Crippen LogP contribution in [0.3, 0.4) is 0 Å². The molecule has 2 aromatic carbocycles. The molecule has 0 N–H and O–H groups in total. The molecule has 0 radical (unpaired) electrons. The molecule has 0 aromatic heterocycles. The van der Waals surface area contributed by atoms with E-state index in [2.05, 4.69) is 92.0 Å². The molecule has 2 fully saturated rings. The highest BCUT2D eigenvalue weighted by Crippen LogP contribution is 2.43. The molecule has 0 aliphatic carbocycles. The Morgan fingerprint density at radius 2 is 1.22 bits per heavy atom. The lowest BCUT2D eigenvalue weighted by molar-refractivity contribution is -0.259. The molecular weight excluding hydrogens is 681 g/mol. The second kappa shape index (κ2) is 16.6. The molecule has 0 amide bonds. The number of hydrogen-bond acceptors (Lipinski definition) is 9. The van der Waals surface area contributed by atoms with Crippen molar-refractivity contribution in [3.8, 4) is 0 Å². The monoisotopic (exact) mass is 744 g/mol. The summed E-state index contributed by atoms with van der Waals surface area (Å²) in [5.74, 6) is -1.47. The Kier molecular flexibility index (Phi) is 13.6. The molecule has 2 aromatic rings. The minimum Gasteiger partial charge on any atom is -0.467 e. The lowest BCUT2D eigenvalue weighted by Gasteiger charge is -2.51. The third-order valence-corrected chi connectivity index (χ3v) is 20.0. The molecule has 2 aliphatic heterocycles. The number of benzene rings is 2. The van der Waals surface area contributed by atoms with E-state index in [1.165, 1.54) is 7.11 Å². The highest BCUT2D eigenvalue weighted by molar-refractivity contribution is 6.74. The first-order valence-corrected chi connectivity index (χ1v) is 24.2. The zero-order chi connectivity index (χ0) is 37.8. The number of carbonyl (C=O) groups is 1. The molecule has 2 saturated heterocycles. The molecule has 286 valence electrons. The number of ether oxygens (including phenoxy) is 6. The molecule has 11 heteroatoms. The summed E-state index contributed by atoms with van der Waals surface area (Å²) in [6.45, 7) is 27.0. The van der Waals surface area contributed by atoms with Crippen molar-refractivity contribution in [1.29, 1.82) is 0 Å². The van der Waals surface area contributed by atoms with Crippen LogP contribution in [0, 0.1) is 0 Å². The van der Waals surface area contributed by atoms with Crippen LogP contribution in [0.25, 0.3) is 0 Å². The van der Waals surface area contributed by atoms with Gasteiger partial charge in [-0.2, -0.15) is 0 Å². The van der Waals surface area contributed by atoms with Gasteiger partial charge in [0.05, 0.1) is 33.0 Å². The topological polar surface area (TPSA) is 90.9 Å². The van der Waals surface area contributed by atoms with Crippen molar-refractivity contribution in [2.45, 2.75) is 160 Å². The van der Waals surface area contributed by atoms with Crippen molar-refractivity contribution in [2.24, 2.45) is 0 Å². The Morgan fingerprint density at radius 3 is 1.71 bits per heavy atom. The van der Waals surface area contributed by atoms with Crippen LogP contribution in [0.5, 0.6) is 0 Å². The van der Waals surface area contributed by atoms with Gasteiger partial charge in [-0.1, -0.05) is 102 Å². The molecule has 9 nitrogen and oxygen atoms in total. The number of esters is 1. The van der Waals surface area contributed by atoms with Gasteiger partial charge in [-0.25, -0.2) is 4.79 Å². The van der Waals surface area contributed by atoms with Crippen molar-refractivity contribution in [3.05, 3.63) is 71.8 Å². The van der Waals surface area contributed by atoms with E-state index in [0.717, 1.165) is 11.1 Å². The second-order valence-electron chi connectivity index (χ2n) is 17.5. The Bertz CT molecular complexity index is 1390. The van der Waals surface area contributed by atoms with Crippen molar-refractivity contribution >= 4 is 22.6 Å². The highest BCUT2D eigenvalue weighted by Gasteiger charge is 2.55. The van der Waals surface area contributed by atoms with Crippen LogP contribution in [0.2, 0.25) is 36.3 Å². The summed E-state index contributed by atoms with van der Waals surface area (Å²) in [5.41, 5.74) is 2.09. The van der Waals surface area contributed by atoms with Gasteiger partial charge in [-0.3, -0.25) is 0 Å². The SMILES string of the molecule is COC(=O)[C@H]1OC(C)(C)O[C@@H]1C[C@H]1O[C@H](CO[Si](C)(C)C(C)(C)C)[C@@H](OCc2ccccc2)[C@H](OCc2ccccc2)[C@H]1O[Si](C)(C)C(C)(C)C. The van der Waals surface area contributed by atoms with E-state index >= 15 is 0 Å². The fraction of sp³-hybridized carbons (Fsp3) is 0.675. The van der Waals surface area contributed by atoms with Gasteiger partial charge in [-0.15, -0.1) is 0 Å². The van der Waals surface area contributed by atoms with E-state index in [9.17, 15) is 4.79 Å². The van der Waals surface area contributed by atoms with E-state index in [-0.39, 0.29) is 10.1 Å². The van der Waals surface area contributed by atoms with Gasteiger partial charge in [0.2, 0.25) is 0 Å². The lowest BCUT2D eigenvalue weighted by Crippen LogP contribution is -2.65. The summed E-state index contributed by atoms with van der Waals surface area (Å²) in [7, 11) is -3.26. The van der Waals surface area contributed by atoms with E-state index in [1.54, 1.807) is 0 Å². The van der Waals surface area contributed by atoms with Crippen LogP contribution in [0.1, 0.15) is 72.9 Å². The predicted molar refractivity (Wildman–Crippen MR) is 204 cm³/mol. The quantitative estimate of drug-likeness (QED) is 0.140. The van der Waals surface area contributed by atoms with Crippen LogP contribution >= 0.6 is 0 Å². The largest absolute Gasteiger partial charge is 0.467 e. The summed E-state index contributed by atoms with van der Waals surface area (Å²) in [5, 5.41) is -0.110. The van der Waals surface area contributed by atoms with Gasteiger partial charge in [-0.05, 0) is 61.2 Å². The predicted octanol–water partition coefficient (Wildman–Crippen LogP) is 8.42. The number of carbonyl (C=O) groups excluding carboxylic acids is 1. The second-order valence-corrected chi connectivity index (χ2v) is 27.1. The maximum atomic E-state index is 13.0. The summed E-state index contributed by atoms with van der Waals surface area (Å²) < 4.78 is 52.8. The average Bonchev–Trinajstić information content (AvgIpc) is 3.36. The number of rotatable bonds is 14. The Labute approximate surface area is 309 Å². The number of methoxy groups -OCH3 is 1. The molecule has 2 aliphatic rings. The average molecular weight is 745 g/mol. The Balaban J connectivity index is 1.81. The Morgan fingerprint density at radius 1 is 0.706 bits per heavy atom. The first-order valence-electron chi connectivity index (χ1n) is 18.4. The smallest absolute Gasteiger partial charge is 0.337 e. The molecule has 0 unspecified atom stereocenters. The summed E-state index contributed by atoms with van der Waals surface area (Å²) in [4.78, 5) is 13.0. The van der Waals surface area contributed by atoms with Crippen LogP contribution in [0.4, 0.5) is 0 Å². The minimum absolute atomic E-state index is 0.00695. The van der Waals surface area contributed by atoms with Crippen LogP contribution < -0.4 is 0 Å². The zero-order valence-corrected chi connectivity index (χ0v) is 35.3. The lowest BCUT2D eigenvalue weighted by atomic mass is 9.90. The first-order chi connectivity index (χ1) is 23.6. The van der Waals surface area contributed by atoms with Gasteiger partial charge >= 0.3 is 5.97 Å². The molecule has 51 heavy (non-hydrogen) atoms. The highest BCUT2D eigenvalue weighted by atomic mass is 28.4. The fourth-order valence-electron chi connectivity index (χ4n) is 5.96. The molecule has 0 spiro atoms. The van der Waals surface area contributed by atoms with Crippen molar-refractivity contribution in [2.75, 3.05) is 13.7 Å². The molecule has 7 atom stereocenters. The third-order valence-electron chi connectivity index (χ3n) is 11.0. The molecular formula is C40H64O9Si2. The van der Waals surface area contributed by atoms with Gasteiger partial charge < -0.3 is 37.3 Å². The zero-order valence-electron chi connectivity index (χ0n) is 33.3. The van der Waals surface area contributed by atoms with Crippen molar-refractivity contribution < 1.29 is 42.1 Å². The van der Waals surface area contributed by atoms with Gasteiger partial charge in [0, 0.05) is 6.42 Å². The van der Waals surface area contributed by atoms with E-state index in [0.29, 0.717) is 26.2 Å². The van der Waals surface area contributed by atoms with E-state index in [1.807, 2.05) is 50.2 Å². The number of hydrogen-bond donors (Lipinski definition) is 0. The normalized spacial score (nSPS) is 27.4. The molecule has 4 rings (SSSR count). The van der Waals surface area contributed by atoms with Gasteiger partial charge in [0.15, 0.2) is 28.5 Å². The minimum atomic E-state index is -2.43. The van der Waals surface area contributed by atoms with Crippen molar-refractivity contribution in [3.63, 3.8) is 0 Å². The van der Waals surface area contributed by atoms with E-state index < -0.39 is 71.1 Å².